The van der Waals surface area contributed by atoms with Crippen molar-refractivity contribution in [3.8, 4) is 11.5 Å². The van der Waals surface area contributed by atoms with Gasteiger partial charge in [-0.05, 0) is 72.7 Å². The Labute approximate surface area is 209 Å². The van der Waals surface area contributed by atoms with Gasteiger partial charge >= 0.3 is 0 Å². The largest absolute Gasteiger partial charge is 0.457 e. The van der Waals surface area contributed by atoms with Crippen molar-refractivity contribution >= 4 is 12.4 Å². The lowest BCUT2D eigenvalue weighted by Crippen LogP contribution is -2.33. The molecular formula is C31H37N3O. The highest BCUT2D eigenvalue weighted by Gasteiger charge is 2.36. The monoisotopic (exact) mass is 467 g/mol. The van der Waals surface area contributed by atoms with Crippen molar-refractivity contribution in [2.45, 2.75) is 45.4 Å². The molecule has 0 spiro atoms. The molecule has 5 rings (SSSR count). The lowest BCUT2D eigenvalue weighted by Gasteiger charge is -2.40. The Morgan fingerprint density at radius 2 is 1.60 bits per heavy atom. The number of nitrogens with one attached hydrogen (secondary N) is 1. The van der Waals surface area contributed by atoms with Crippen LogP contribution in [0.5, 0.6) is 11.5 Å². The fourth-order valence-electron chi connectivity index (χ4n) is 5.62. The molecule has 2 aliphatic rings. The summed E-state index contributed by atoms with van der Waals surface area (Å²) in [6.45, 7) is 6.78. The third kappa shape index (κ3) is 5.43. The van der Waals surface area contributed by atoms with Gasteiger partial charge in [-0.3, -0.25) is 5.41 Å². The fourth-order valence-corrected chi connectivity index (χ4v) is 5.62. The molecule has 1 fully saturated rings. The Kier molecular flexibility index (Phi) is 8.25. The van der Waals surface area contributed by atoms with Crippen LogP contribution in [-0.4, -0.2) is 24.3 Å². The van der Waals surface area contributed by atoms with Gasteiger partial charge in [0.2, 0.25) is 0 Å². The summed E-state index contributed by atoms with van der Waals surface area (Å²) in [6, 6.07) is 23.8. The number of nitrogens with two attached hydrogens (primary N) is 1. The molecule has 4 heteroatoms. The predicted octanol–water partition coefficient (Wildman–Crippen LogP) is 6.98. The zero-order valence-corrected chi connectivity index (χ0v) is 20.9. The summed E-state index contributed by atoms with van der Waals surface area (Å²) in [6.07, 6.45) is 9.82. The molecular weight excluding hydrogens is 430 g/mol. The number of fused-ring (bicyclic) bond motifs is 2. The van der Waals surface area contributed by atoms with E-state index < -0.39 is 0 Å². The Morgan fingerprint density at radius 1 is 0.914 bits per heavy atom. The topological polar surface area (TPSA) is 62.3 Å². The molecule has 182 valence electrons. The lowest BCUT2D eigenvalue weighted by molar-refractivity contribution is 0.224. The van der Waals surface area contributed by atoms with E-state index in [9.17, 15) is 0 Å². The molecule has 0 aliphatic carbocycles. The Hall–Kier alpha value is -3.53. The van der Waals surface area contributed by atoms with E-state index in [0.29, 0.717) is 11.8 Å². The van der Waals surface area contributed by atoms with Crippen molar-refractivity contribution < 1.29 is 4.74 Å². The second-order valence-corrected chi connectivity index (χ2v) is 9.21. The predicted molar refractivity (Wildman–Crippen MR) is 146 cm³/mol. The molecule has 3 aromatic rings. The van der Waals surface area contributed by atoms with E-state index in [2.05, 4.69) is 103 Å². The second kappa shape index (κ2) is 11.7. The van der Waals surface area contributed by atoms with Crippen LogP contribution in [0.1, 0.15) is 60.4 Å². The SMILES string of the molecule is CCc1ccc2c(c1CC)C(C1CCN(C=Cc3ccccc3)CC1)c1ccccc1O2.N=CN. The first kappa shape index (κ1) is 24.6. The minimum absolute atomic E-state index is 0.427. The molecule has 1 atom stereocenters. The van der Waals surface area contributed by atoms with Crippen LogP contribution in [0.4, 0.5) is 0 Å². The van der Waals surface area contributed by atoms with Gasteiger partial charge in [-0.1, -0.05) is 68.4 Å². The van der Waals surface area contributed by atoms with Crippen LogP contribution in [0, 0.1) is 11.3 Å². The van der Waals surface area contributed by atoms with Gasteiger partial charge in [-0.25, -0.2) is 0 Å². The first-order valence-corrected chi connectivity index (χ1v) is 12.8. The highest BCUT2D eigenvalue weighted by atomic mass is 16.5. The summed E-state index contributed by atoms with van der Waals surface area (Å²) in [7, 11) is 0. The summed E-state index contributed by atoms with van der Waals surface area (Å²) in [5.74, 6) is 3.19. The normalized spacial score (nSPS) is 17.1. The van der Waals surface area contributed by atoms with Crippen LogP contribution in [0.15, 0.2) is 72.9 Å². The molecule has 0 bridgehead atoms. The number of likely N-dealkylation sites (tertiary alicyclic amines) is 1. The Morgan fingerprint density at radius 3 is 2.29 bits per heavy atom. The first-order valence-electron chi connectivity index (χ1n) is 12.8. The number of nitrogens with zero attached hydrogens (tertiary/aromatic N) is 1. The van der Waals surface area contributed by atoms with E-state index in [0.717, 1.165) is 43.8 Å². The maximum atomic E-state index is 6.43. The van der Waals surface area contributed by atoms with E-state index >= 15 is 0 Å². The second-order valence-electron chi connectivity index (χ2n) is 9.21. The molecule has 3 N–H and O–H groups in total. The number of hydrogen-bond acceptors (Lipinski definition) is 3. The minimum atomic E-state index is 0.427. The van der Waals surface area contributed by atoms with Gasteiger partial charge in [0.15, 0.2) is 0 Å². The van der Waals surface area contributed by atoms with Crippen LogP contribution in [-0.2, 0) is 12.8 Å². The number of aryl methyl sites for hydroxylation is 1. The Balaban J connectivity index is 0.000000917. The van der Waals surface area contributed by atoms with Crippen molar-refractivity contribution in [2.24, 2.45) is 11.7 Å². The molecule has 0 amide bonds. The summed E-state index contributed by atoms with van der Waals surface area (Å²) in [4.78, 5) is 2.48. The molecule has 2 aliphatic heterocycles. The molecule has 1 saturated heterocycles. The van der Waals surface area contributed by atoms with Gasteiger partial charge in [0.1, 0.15) is 11.5 Å². The number of rotatable bonds is 5. The summed E-state index contributed by atoms with van der Waals surface area (Å²) < 4.78 is 6.43. The third-order valence-electron chi connectivity index (χ3n) is 7.26. The van der Waals surface area contributed by atoms with Crippen molar-refractivity contribution in [1.82, 2.24) is 4.90 Å². The number of piperidine rings is 1. The molecule has 0 radical (unpaired) electrons. The van der Waals surface area contributed by atoms with Gasteiger partial charge < -0.3 is 15.4 Å². The van der Waals surface area contributed by atoms with Gasteiger partial charge in [0, 0.05) is 30.1 Å². The number of hydrogen-bond donors (Lipinski definition) is 2. The van der Waals surface area contributed by atoms with E-state index in [4.69, 9.17) is 10.1 Å². The van der Waals surface area contributed by atoms with Gasteiger partial charge in [0.05, 0.1) is 6.34 Å². The zero-order chi connectivity index (χ0) is 24.6. The molecule has 0 aromatic heterocycles. The molecule has 1 unspecified atom stereocenters. The fraction of sp³-hybridized carbons (Fsp3) is 0.323. The van der Waals surface area contributed by atoms with Crippen LogP contribution in [0.2, 0.25) is 0 Å². The highest BCUT2D eigenvalue weighted by molar-refractivity contribution is 5.58. The minimum Gasteiger partial charge on any atom is -0.457 e. The quantitative estimate of drug-likeness (QED) is 0.314. The zero-order valence-electron chi connectivity index (χ0n) is 20.9. The van der Waals surface area contributed by atoms with Crippen LogP contribution >= 0.6 is 0 Å². The van der Waals surface area contributed by atoms with E-state index in [-0.39, 0.29) is 0 Å². The van der Waals surface area contributed by atoms with Crippen LogP contribution < -0.4 is 10.5 Å². The summed E-state index contributed by atoms with van der Waals surface area (Å²) >= 11 is 0. The molecule has 4 nitrogen and oxygen atoms in total. The molecule has 2 heterocycles. The molecule has 35 heavy (non-hydrogen) atoms. The average molecular weight is 468 g/mol. The van der Waals surface area contributed by atoms with E-state index in [1.54, 1.807) is 0 Å². The highest BCUT2D eigenvalue weighted by Crippen LogP contribution is 2.51. The molecule has 3 aromatic carbocycles. The maximum absolute atomic E-state index is 6.43. The maximum Gasteiger partial charge on any atom is 0.131 e. The Bertz CT molecular complexity index is 1150. The standard InChI is InChI=1S/C30H33NO.CH4N2/c1-3-23-14-15-28-30(25(23)4-2)29(26-12-8-9-13-27(26)32-28)24-17-20-31(21-18-24)19-16-22-10-6-5-7-11-22;2-1-3/h5-16,19,24,29H,3-4,17-18,20-21H2,1-2H3;1H,(H3,2,3). The number of ether oxygens (including phenoxy) is 1. The summed E-state index contributed by atoms with van der Waals surface area (Å²) in [5, 5.41) is 5.86. The van der Waals surface area contributed by atoms with Crippen molar-refractivity contribution in [3.63, 3.8) is 0 Å². The van der Waals surface area contributed by atoms with Gasteiger partial charge in [-0.2, -0.15) is 0 Å². The average Bonchev–Trinajstić information content (AvgIpc) is 2.91. The van der Waals surface area contributed by atoms with Crippen molar-refractivity contribution in [1.29, 1.82) is 5.41 Å². The van der Waals surface area contributed by atoms with Crippen molar-refractivity contribution in [2.75, 3.05) is 13.1 Å². The number of para-hydroxylation sites is 1. The summed E-state index contributed by atoms with van der Waals surface area (Å²) in [5.41, 5.74) is 11.5. The van der Waals surface area contributed by atoms with Crippen LogP contribution in [0.3, 0.4) is 0 Å². The smallest absolute Gasteiger partial charge is 0.131 e. The van der Waals surface area contributed by atoms with E-state index in [1.165, 1.54) is 40.7 Å². The van der Waals surface area contributed by atoms with E-state index in [1.807, 2.05) is 0 Å². The molecule has 0 saturated carbocycles. The van der Waals surface area contributed by atoms with Crippen LogP contribution in [0.25, 0.3) is 6.08 Å². The number of benzene rings is 3. The van der Waals surface area contributed by atoms with Gasteiger partial charge in [0.25, 0.3) is 0 Å². The van der Waals surface area contributed by atoms with Gasteiger partial charge in [-0.15, -0.1) is 0 Å². The van der Waals surface area contributed by atoms with Crippen molar-refractivity contribution in [3.05, 3.63) is 101 Å². The first-order chi connectivity index (χ1) is 17.2. The third-order valence-corrected chi connectivity index (χ3v) is 7.26. The lowest BCUT2D eigenvalue weighted by atomic mass is 9.72.